The van der Waals surface area contributed by atoms with E-state index in [-0.39, 0.29) is 11.4 Å². The smallest absolute Gasteiger partial charge is 0.323 e. The van der Waals surface area contributed by atoms with Crippen LogP contribution in [0.3, 0.4) is 0 Å². The molecule has 4 nitrogen and oxygen atoms in total. The van der Waals surface area contributed by atoms with Crippen LogP contribution in [-0.2, 0) is 0 Å². The number of methoxy groups -OCH3 is 1. The number of thiophene rings is 1. The van der Waals surface area contributed by atoms with Gasteiger partial charge in [0.25, 0.3) is 0 Å². The average molecular weight is 334 g/mol. The first-order chi connectivity index (χ1) is 10.7. The number of nitrogens with zero attached hydrogens (tertiary/aromatic N) is 1. The molecular formula is C16H18N2O2S2. The first-order valence-electron chi connectivity index (χ1n) is 7.07. The number of hydrogen-bond donors (Lipinski definition) is 1. The minimum Gasteiger partial charge on any atom is -0.497 e. The molecule has 2 amide bonds. The van der Waals surface area contributed by atoms with Crippen molar-refractivity contribution in [2.75, 3.05) is 24.7 Å². The Labute approximate surface area is 138 Å². The molecule has 1 aromatic heterocycles. The summed E-state index contributed by atoms with van der Waals surface area (Å²) in [6.45, 7) is 2.86. The maximum Gasteiger partial charge on any atom is 0.323 e. The summed E-state index contributed by atoms with van der Waals surface area (Å²) in [5.41, 5.74) is 0.781. The lowest BCUT2D eigenvalue weighted by Crippen LogP contribution is -2.34. The van der Waals surface area contributed by atoms with Gasteiger partial charge in [0.2, 0.25) is 0 Å². The minimum absolute atomic E-state index is 0.0498. The number of amides is 2. The Hall–Kier alpha value is -1.66. The summed E-state index contributed by atoms with van der Waals surface area (Å²) >= 11 is 3.58. The highest BCUT2D eigenvalue weighted by atomic mass is 32.2. The number of carbonyl (C=O) groups is 1. The van der Waals surface area contributed by atoms with Gasteiger partial charge < -0.3 is 15.0 Å². The number of urea groups is 1. The number of rotatable bonds is 3. The van der Waals surface area contributed by atoms with Crippen LogP contribution in [-0.4, -0.2) is 30.3 Å². The molecule has 2 aromatic rings. The number of nitrogens with one attached hydrogen (secondary N) is 1. The lowest BCUT2D eigenvalue weighted by molar-refractivity contribution is 0.215. The lowest BCUT2D eigenvalue weighted by Gasteiger charge is -2.23. The standard InChI is InChI=1S/C16H18N2O2S2/c1-11-3-8-14(22-11)15-18(9-10-21-15)16(19)17-12-4-6-13(20-2)7-5-12/h3-8,15H,9-10H2,1-2H3,(H,17,19)/t15-/m1/s1. The largest absolute Gasteiger partial charge is 0.497 e. The topological polar surface area (TPSA) is 41.6 Å². The Morgan fingerprint density at radius 3 is 2.68 bits per heavy atom. The molecule has 116 valence electrons. The van der Waals surface area contributed by atoms with Crippen molar-refractivity contribution in [1.29, 1.82) is 0 Å². The van der Waals surface area contributed by atoms with Gasteiger partial charge in [-0.25, -0.2) is 4.79 Å². The molecule has 3 rings (SSSR count). The maximum absolute atomic E-state index is 12.5. The van der Waals surface area contributed by atoms with Gasteiger partial charge in [-0.2, -0.15) is 0 Å². The molecule has 0 bridgehead atoms. The molecule has 0 aliphatic carbocycles. The van der Waals surface area contributed by atoms with Crippen LogP contribution in [0.25, 0.3) is 0 Å². The van der Waals surface area contributed by atoms with E-state index in [1.54, 1.807) is 18.4 Å². The van der Waals surface area contributed by atoms with Gasteiger partial charge in [0.05, 0.1) is 7.11 Å². The van der Waals surface area contributed by atoms with Gasteiger partial charge in [-0.15, -0.1) is 23.1 Å². The minimum atomic E-state index is -0.0498. The van der Waals surface area contributed by atoms with Crippen LogP contribution < -0.4 is 10.1 Å². The van der Waals surface area contributed by atoms with Gasteiger partial charge in [0, 0.05) is 27.7 Å². The second-order valence-electron chi connectivity index (χ2n) is 5.02. The zero-order valence-electron chi connectivity index (χ0n) is 12.5. The fourth-order valence-corrected chi connectivity index (χ4v) is 4.74. The molecule has 0 unspecified atom stereocenters. The number of thioether (sulfide) groups is 1. The van der Waals surface area contributed by atoms with Crippen LogP contribution in [0.15, 0.2) is 36.4 Å². The Bertz CT molecular complexity index is 654. The summed E-state index contributed by atoms with van der Waals surface area (Å²) in [6.07, 6.45) is 0. The second kappa shape index (κ2) is 6.62. The van der Waals surface area contributed by atoms with E-state index in [2.05, 4.69) is 24.4 Å². The average Bonchev–Trinajstić information content (AvgIpc) is 3.16. The molecule has 1 aromatic carbocycles. The van der Waals surface area contributed by atoms with Crippen LogP contribution in [0.1, 0.15) is 15.1 Å². The predicted octanol–water partition coefficient (Wildman–Crippen LogP) is 4.34. The molecule has 0 saturated carbocycles. The first kappa shape index (κ1) is 15.2. The van der Waals surface area contributed by atoms with Gasteiger partial charge >= 0.3 is 6.03 Å². The molecule has 1 fully saturated rings. The molecule has 0 radical (unpaired) electrons. The van der Waals surface area contributed by atoms with Gasteiger partial charge in [-0.1, -0.05) is 0 Å². The van der Waals surface area contributed by atoms with E-state index < -0.39 is 0 Å². The van der Waals surface area contributed by atoms with Gasteiger partial charge in [-0.3, -0.25) is 0 Å². The quantitative estimate of drug-likeness (QED) is 0.907. The van der Waals surface area contributed by atoms with E-state index in [1.807, 2.05) is 40.9 Å². The third kappa shape index (κ3) is 3.23. The van der Waals surface area contributed by atoms with Crippen molar-refractivity contribution in [2.45, 2.75) is 12.3 Å². The van der Waals surface area contributed by atoms with Crippen molar-refractivity contribution in [3.8, 4) is 5.75 Å². The summed E-state index contributed by atoms with van der Waals surface area (Å²) in [6, 6.07) is 11.6. The fourth-order valence-electron chi connectivity index (χ4n) is 2.37. The molecule has 6 heteroatoms. The van der Waals surface area contributed by atoms with Crippen molar-refractivity contribution in [3.63, 3.8) is 0 Å². The van der Waals surface area contributed by atoms with Gasteiger partial charge in [0.1, 0.15) is 11.1 Å². The summed E-state index contributed by atoms with van der Waals surface area (Å²) in [4.78, 5) is 17.0. The van der Waals surface area contributed by atoms with E-state index in [9.17, 15) is 4.79 Å². The van der Waals surface area contributed by atoms with Crippen LogP contribution in [0.2, 0.25) is 0 Å². The van der Waals surface area contributed by atoms with Crippen molar-refractivity contribution in [3.05, 3.63) is 46.2 Å². The highest BCUT2D eigenvalue weighted by molar-refractivity contribution is 7.99. The van der Waals surface area contributed by atoms with Crippen molar-refractivity contribution in [1.82, 2.24) is 4.90 Å². The summed E-state index contributed by atoms with van der Waals surface area (Å²) in [7, 11) is 1.63. The molecule has 1 atom stereocenters. The van der Waals surface area contributed by atoms with Gasteiger partial charge in [-0.05, 0) is 43.3 Å². The SMILES string of the molecule is COc1ccc(NC(=O)N2CCS[C@@H]2c2ccc(C)s2)cc1. The van der Waals surface area contributed by atoms with E-state index in [1.165, 1.54) is 9.75 Å². The molecule has 1 aliphatic rings. The highest BCUT2D eigenvalue weighted by Gasteiger charge is 2.31. The number of anilines is 1. The zero-order valence-corrected chi connectivity index (χ0v) is 14.2. The number of carbonyl (C=O) groups excluding carboxylic acids is 1. The van der Waals surface area contributed by atoms with E-state index in [0.717, 1.165) is 23.7 Å². The van der Waals surface area contributed by atoms with E-state index in [4.69, 9.17) is 4.74 Å². The molecule has 22 heavy (non-hydrogen) atoms. The number of aryl methyl sites for hydroxylation is 1. The molecule has 1 aliphatic heterocycles. The van der Waals surface area contributed by atoms with E-state index in [0.29, 0.717) is 0 Å². The third-order valence-electron chi connectivity index (χ3n) is 3.50. The molecule has 2 heterocycles. The second-order valence-corrected chi connectivity index (χ2v) is 7.53. The summed E-state index contributed by atoms with van der Waals surface area (Å²) in [5.74, 6) is 1.75. The van der Waals surface area contributed by atoms with Crippen molar-refractivity contribution < 1.29 is 9.53 Å². The van der Waals surface area contributed by atoms with Crippen LogP contribution in [0.5, 0.6) is 5.75 Å². The van der Waals surface area contributed by atoms with Crippen LogP contribution in [0.4, 0.5) is 10.5 Å². The molecule has 1 saturated heterocycles. The van der Waals surface area contributed by atoms with Crippen molar-refractivity contribution >= 4 is 34.8 Å². The fraction of sp³-hybridized carbons (Fsp3) is 0.312. The molecule has 0 spiro atoms. The normalized spacial score (nSPS) is 17.5. The number of ether oxygens (including phenoxy) is 1. The lowest BCUT2D eigenvalue weighted by atomic mass is 10.3. The zero-order chi connectivity index (χ0) is 15.5. The Morgan fingerprint density at radius 2 is 2.05 bits per heavy atom. The predicted molar refractivity (Wildman–Crippen MR) is 93.0 cm³/mol. The number of hydrogen-bond acceptors (Lipinski definition) is 4. The maximum atomic E-state index is 12.5. The Balaban J connectivity index is 1.70. The summed E-state index contributed by atoms with van der Waals surface area (Å²) < 4.78 is 5.13. The van der Waals surface area contributed by atoms with Gasteiger partial charge in [0.15, 0.2) is 0 Å². The van der Waals surface area contributed by atoms with Crippen LogP contribution >= 0.6 is 23.1 Å². The van der Waals surface area contributed by atoms with Crippen molar-refractivity contribution in [2.24, 2.45) is 0 Å². The highest BCUT2D eigenvalue weighted by Crippen LogP contribution is 2.41. The third-order valence-corrected chi connectivity index (χ3v) is 5.94. The van der Waals surface area contributed by atoms with E-state index >= 15 is 0 Å². The summed E-state index contributed by atoms with van der Waals surface area (Å²) in [5, 5.41) is 3.09. The van der Waals surface area contributed by atoms with Crippen LogP contribution in [0, 0.1) is 6.92 Å². The first-order valence-corrected chi connectivity index (χ1v) is 8.93. The number of benzene rings is 1. The molecule has 1 N–H and O–H groups in total. The monoisotopic (exact) mass is 334 g/mol. The Morgan fingerprint density at radius 1 is 1.27 bits per heavy atom. The molecular weight excluding hydrogens is 316 g/mol. The Kier molecular flexibility index (Phi) is 4.59.